The fourth-order valence-corrected chi connectivity index (χ4v) is 7.10. The van der Waals surface area contributed by atoms with Crippen LogP contribution in [0.1, 0.15) is 27.1 Å². The van der Waals surface area contributed by atoms with E-state index in [0.717, 1.165) is 11.3 Å². The van der Waals surface area contributed by atoms with Crippen LogP contribution >= 0.6 is 11.6 Å². The number of nitrogens with zero attached hydrogens (tertiary/aromatic N) is 2. The van der Waals surface area contributed by atoms with Crippen molar-refractivity contribution in [2.24, 2.45) is 35.5 Å². The molecule has 10 nitrogen and oxygen atoms in total. The number of imide groups is 1. The molecule has 3 aromatic carbocycles. The molecule has 0 N–H and O–H groups in total. The Kier molecular flexibility index (Phi) is 6.39. The van der Waals surface area contributed by atoms with E-state index in [0.29, 0.717) is 11.8 Å². The number of Topliss-reactive ketones (excluding diaryl/α,β-unsaturated/α-hetero) is 1. The monoisotopic (exact) mass is 598 g/mol. The molecule has 1 saturated heterocycles. The van der Waals surface area contributed by atoms with Gasteiger partial charge in [0.25, 0.3) is 0 Å². The Labute approximate surface area is 250 Å². The number of carbonyl (C=O) groups is 4. The molecule has 4 aliphatic carbocycles. The Balaban J connectivity index is 1.03. The van der Waals surface area contributed by atoms with Crippen LogP contribution in [0.4, 0.5) is 11.4 Å². The number of benzene rings is 3. The molecule has 1 heterocycles. The van der Waals surface area contributed by atoms with Crippen LogP contribution in [0, 0.1) is 45.6 Å². The summed E-state index contributed by atoms with van der Waals surface area (Å²) < 4.78 is 10.9. The van der Waals surface area contributed by atoms with Crippen molar-refractivity contribution in [2.45, 2.75) is 6.42 Å². The number of halogens is 1. The number of amides is 2. The zero-order valence-corrected chi connectivity index (χ0v) is 23.2. The summed E-state index contributed by atoms with van der Waals surface area (Å²) in [5.41, 5.74) is 0.0768. The highest BCUT2D eigenvalue weighted by molar-refractivity contribution is 6.32. The summed E-state index contributed by atoms with van der Waals surface area (Å²) in [5, 5.41) is 11.4. The normalized spacial score (nSPS) is 26.1. The van der Waals surface area contributed by atoms with Gasteiger partial charge in [0.1, 0.15) is 5.75 Å². The number of para-hydroxylation sites is 2. The van der Waals surface area contributed by atoms with Gasteiger partial charge in [-0.2, -0.15) is 0 Å². The Morgan fingerprint density at radius 1 is 0.907 bits per heavy atom. The van der Waals surface area contributed by atoms with E-state index < -0.39 is 35.1 Å². The molecule has 3 fully saturated rings. The number of hydrogen-bond donors (Lipinski definition) is 0. The molecule has 3 aromatic rings. The van der Waals surface area contributed by atoms with Crippen LogP contribution < -0.4 is 9.64 Å². The van der Waals surface area contributed by atoms with Crippen LogP contribution in [0.2, 0.25) is 5.02 Å². The zero-order chi connectivity index (χ0) is 30.0. The summed E-state index contributed by atoms with van der Waals surface area (Å²) in [6.07, 6.45) is 5.21. The van der Waals surface area contributed by atoms with Gasteiger partial charge >= 0.3 is 11.7 Å². The van der Waals surface area contributed by atoms with Crippen molar-refractivity contribution in [1.82, 2.24) is 0 Å². The Bertz CT molecular complexity index is 1720. The predicted octanol–water partition coefficient (Wildman–Crippen LogP) is 5.64. The molecular formula is C32H23ClN2O8. The van der Waals surface area contributed by atoms with E-state index in [1.807, 2.05) is 0 Å². The van der Waals surface area contributed by atoms with Crippen LogP contribution in [0.25, 0.3) is 0 Å². The van der Waals surface area contributed by atoms with Gasteiger partial charge in [0, 0.05) is 11.6 Å². The van der Waals surface area contributed by atoms with E-state index in [4.69, 9.17) is 21.1 Å². The zero-order valence-electron chi connectivity index (χ0n) is 22.4. The van der Waals surface area contributed by atoms with Gasteiger partial charge in [0.2, 0.25) is 17.6 Å². The molecule has 2 bridgehead atoms. The molecule has 11 heteroatoms. The summed E-state index contributed by atoms with van der Waals surface area (Å²) in [4.78, 5) is 64.9. The van der Waals surface area contributed by atoms with Crippen molar-refractivity contribution in [3.05, 3.63) is 105 Å². The maximum absolute atomic E-state index is 13.6. The molecule has 6 atom stereocenters. The molecule has 1 aliphatic heterocycles. The first-order chi connectivity index (χ1) is 20.7. The number of nitro benzene ring substituents is 1. The van der Waals surface area contributed by atoms with Gasteiger partial charge in [0.15, 0.2) is 12.4 Å². The van der Waals surface area contributed by atoms with E-state index in [1.54, 1.807) is 18.2 Å². The number of carbonyl (C=O) groups excluding carboxylic acids is 4. The Morgan fingerprint density at radius 3 is 2.21 bits per heavy atom. The van der Waals surface area contributed by atoms with Crippen molar-refractivity contribution in [3.63, 3.8) is 0 Å². The standard InChI is InChI=1S/C32H23ClN2O8/c33-23-5-3-7-25(35(40)41)29(23)43-17-10-8-16(9-11-17)26(36)15-42-32(39)20-4-1-2-6-24(20)34-30(37)27-18-12-13-19(22-14-21(18)22)28(27)31(34)38/h1-13,18-19,21-22,27-28H,14-15H2/t18-,19-,21-,22-,27-,28+/m0/s1. The third-order valence-electron chi connectivity index (χ3n) is 8.90. The van der Waals surface area contributed by atoms with Crippen LogP contribution in [-0.2, 0) is 14.3 Å². The lowest BCUT2D eigenvalue weighted by atomic mass is 9.63. The van der Waals surface area contributed by atoms with Gasteiger partial charge in [-0.3, -0.25) is 24.5 Å². The molecule has 0 unspecified atom stereocenters. The number of hydrogen-bond acceptors (Lipinski definition) is 8. The summed E-state index contributed by atoms with van der Waals surface area (Å²) in [6, 6.07) is 16.1. The number of rotatable bonds is 8. The second-order valence-electron chi connectivity index (χ2n) is 11.2. The molecule has 43 heavy (non-hydrogen) atoms. The first kappa shape index (κ1) is 27.0. The Morgan fingerprint density at radius 2 is 1.56 bits per heavy atom. The molecule has 2 amide bonds. The largest absolute Gasteiger partial charge is 0.454 e. The van der Waals surface area contributed by atoms with E-state index in [9.17, 15) is 29.3 Å². The fourth-order valence-electron chi connectivity index (χ4n) is 6.90. The average molecular weight is 599 g/mol. The highest BCUT2D eigenvalue weighted by Crippen LogP contribution is 2.65. The lowest BCUT2D eigenvalue weighted by molar-refractivity contribution is -0.385. The van der Waals surface area contributed by atoms with Crippen LogP contribution in [0.5, 0.6) is 11.5 Å². The molecule has 8 rings (SSSR count). The van der Waals surface area contributed by atoms with Crippen LogP contribution in [0.15, 0.2) is 78.9 Å². The van der Waals surface area contributed by atoms with E-state index in [-0.39, 0.29) is 62.7 Å². The molecule has 0 aromatic heterocycles. The minimum Gasteiger partial charge on any atom is -0.454 e. The smallest absolute Gasteiger partial charge is 0.340 e. The first-order valence-electron chi connectivity index (χ1n) is 13.8. The van der Waals surface area contributed by atoms with Crippen molar-refractivity contribution in [1.29, 1.82) is 0 Å². The van der Waals surface area contributed by atoms with Gasteiger partial charge in [-0.05, 0) is 72.6 Å². The van der Waals surface area contributed by atoms with Crippen LogP contribution in [-0.4, -0.2) is 35.1 Å². The molecular weight excluding hydrogens is 576 g/mol. The summed E-state index contributed by atoms with van der Waals surface area (Å²) in [7, 11) is 0. The predicted molar refractivity (Wildman–Crippen MR) is 153 cm³/mol. The van der Waals surface area contributed by atoms with Gasteiger partial charge in [-0.1, -0.05) is 42.0 Å². The van der Waals surface area contributed by atoms with Crippen molar-refractivity contribution in [2.75, 3.05) is 11.5 Å². The third kappa shape index (κ3) is 4.40. The Hall–Kier alpha value is -4.83. The highest BCUT2D eigenvalue weighted by atomic mass is 35.5. The maximum atomic E-state index is 13.6. The number of anilines is 1. The highest BCUT2D eigenvalue weighted by Gasteiger charge is 2.67. The van der Waals surface area contributed by atoms with E-state index in [2.05, 4.69) is 12.2 Å². The number of nitro groups is 1. The number of allylic oxidation sites excluding steroid dienone is 2. The minimum atomic E-state index is -0.839. The van der Waals surface area contributed by atoms with Crippen LogP contribution in [0.3, 0.4) is 0 Å². The second kappa shape index (κ2) is 10.2. The van der Waals surface area contributed by atoms with Crippen molar-refractivity contribution < 1.29 is 33.6 Å². The average Bonchev–Trinajstić information content (AvgIpc) is 3.79. The third-order valence-corrected chi connectivity index (χ3v) is 9.20. The number of ether oxygens (including phenoxy) is 2. The van der Waals surface area contributed by atoms with Gasteiger partial charge < -0.3 is 9.47 Å². The molecule has 2 saturated carbocycles. The SMILES string of the molecule is O=C(COC(=O)c1ccccc1N1C(=O)[C@@H]2[C@H]3C=C[C@@H]([C@@H]4C[C@@H]34)[C@@H]2C1=O)c1ccc(Oc2c(Cl)cccc2[N+](=O)[O-])cc1. The second-order valence-corrected chi connectivity index (χ2v) is 11.6. The number of esters is 1. The quantitative estimate of drug-likeness (QED) is 0.0812. The van der Waals surface area contributed by atoms with Crippen molar-refractivity contribution in [3.8, 4) is 11.5 Å². The lowest BCUT2D eigenvalue weighted by Gasteiger charge is -2.37. The first-order valence-corrected chi connectivity index (χ1v) is 14.2. The van der Waals surface area contributed by atoms with Gasteiger partial charge in [0.05, 0.1) is 33.0 Å². The topological polar surface area (TPSA) is 133 Å². The molecule has 0 spiro atoms. The number of ketones is 1. The van der Waals surface area contributed by atoms with E-state index >= 15 is 0 Å². The summed E-state index contributed by atoms with van der Waals surface area (Å²) in [6.45, 7) is -0.589. The summed E-state index contributed by atoms with van der Waals surface area (Å²) in [5.74, 6) is -1.66. The fraction of sp³-hybridized carbons (Fsp3) is 0.250. The van der Waals surface area contributed by atoms with E-state index in [1.165, 1.54) is 48.5 Å². The molecule has 216 valence electrons. The van der Waals surface area contributed by atoms with Gasteiger partial charge in [-0.15, -0.1) is 0 Å². The summed E-state index contributed by atoms with van der Waals surface area (Å²) >= 11 is 6.07. The minimum absolute atomic E-state index is 0.0196. The molecule has 5 aliphatic rings. The van der Waals surface area contributed by atoms with Crippen molar-refractivity contribution >= 4 is 46.5 Å². The maximum Gasteiger partial charge on any atom is 0.340 e. The molecule has 0 radical (unpaired) electrons. The van der Waals surface area contributed by atoms with Gasteiger partial charge in [-0.25, -0.2) is 9.69 Å². The lowest BCUT2D eigenvalue weighted by Crippen LogP contribution is -2.40.